The zero-order valence-electron chi connectivity index (χ0n) is 18.0. The first-order valence-corrected chi connectivity index (χ1v) is 9.70. The van der Waals surface area contributed by atoms with Gasteiger partial charge in [-0.25, -0.2) is 9.59 Å². The number of nitrogen functional groups attached to an aromatic ring is 1. The summed E-state index contributed by atoms with van der Waals surface area (Å²) in [5.74, 6) is -2.46. The van der Waals surface area contributed by atoms with Gasteiger partial charge in [0.1, 0.15) is 17.7 Å². The molecule has 0 fully saturated rings. The maximum absolute atomic E-state index is 12.8. The summed E-state index contributed by atoms with van der Waals surface area (Å²) in [5, 5.41) is 14.1. The van der Waals surface area contributed by atoms with E-state index in [0.717, 1.165) is 0 Å². The van der Waals surface area contributed by atoms with Gasteiger partial charge in [0.15, 0.2) is 5.78 Å². The Hall–Kier alpha value is -3.10. The summed E-state index contributed by atoms with van der Waals surface area (Å²) in [4.78, 5) is 49.1. The molecule has 1 aromatic carbocycles. The molecule has 0 aromatic heterocycles. The lowest BCUT2D eigenvalue weighted by atomic mass is 10.00. The summed E-state index contributed by atoms with van der Waals surface area (Å²) in [6.45, 7) is 8.60. The van der Waals surface area contributed by atoms with E-state index in [9.17, 15) is 24.3 Å². The predicted molar refractivity (Wildman–Crippen MR) is 112 cm³/mol. The van der Waals surface area contributed by atoms with E-state index in [0.29, 0.717) is 0 Å². The van der Waals surface area contributed by atoms with E-state index in [1.807, 2.05) is 13.8 Å². The van der Waals surface area contributed by atoms with Crippen LogP contribution in [-0.2, 0) is 14.3 Å². The van der Waals surface area contributed by atoms with Crippen molar-refractivity contribution in [2.75, 3.05) is 5.73 Å². The number of ether oxygens (including phenoxy) is 1. The maximum Gasteiger partial charge on any atom is 0.408 e. The summed E-state index contributed by atoms with van der Waals surface area (Å²) < 4.78 is 5.16. The van der Waals surface area contributed by atoms with Crippen LogP contribution in [0.2, 0.25) is 0 Å². The topological polar surface area (TPSA) is 148 Å². The molecule has 30 heavy (non-hydrogen) atoms. The van der Waals surface area contributed by atoms with Gasteiger partial charge in [-0.15, -0.1) is 0 Å². The number of benzene rings is 1. The van der Waals surface area contributed by atoms with Gasteiger partial charge in [0, 0.05) is 17.7 Å². The van der Waals surface area contributed by atoms with Gasteiger partial charge in [0.25, 0.3) is 0 Å². The Morgan fingerprint density at radius 1 is 1.07 bits per heavy atom. The number of hydrogen-bond donors (Lipinski definition) is 4. The average Bonchev–Trinajstić information content (AvgIpc) is 2.58. The molecule has 0 radical (unpaired) electrons. The Morgan fingerprint density at radius 2 is 1.67 bits per heavy atom. The van der Waals surface area contributed by atoms with Crippen molar-refractivity contribution in [3.8, 4) is 0 Å². The fraction of sp³-hybridized carbons (Fsp3) is 0.524. The minimum atomic E-state index is -1.33. The molecule has 2 amide bonds. The highest BCUT2D eigenvalue weighted by molar-refractivity contribution is 6.04. The Kier molecular flexibility index (Phi) is 8.82. The van der Waals surface area contributed by atoms with E-state index in [1.54, 1.807) is 39.0 Å². The first-order valence-electron chi connectivity index (χ1n) is 9.70. The molecule has 0 aliphatic heterocycles. The number of carbonyl (C=O) groups is 4. The number of rotatable bonds is 9. The van der Waals surface area contributed by atoms with Crippen LogP contribution in [0.25, 0.3) is 0 Å². The number of nitrogens with one attached hydrogen (secondary N) is 2. The van der Waals surface area contributed by atoms with Crippen LogP contribution in [0.4, 0.5) is 10.5 Å². The normalized spacial score (nSPS) is 13.3. The largest absolute Gasteiger partial charge is 0.480 e. The van der Waals surface area contributed by atoms with E-state index in [-0.39, 0.29) is 23.6 Å². The molecule has 9 nitrogen and oxygen atoms in total. The quantitative estimate of drug-likeness (QED) is 0.353. The SMILES string of the molecule is CC(C)C[C@H](NC(=O)[C@H](CC(=O)c1ccccc1N)NC(=O)OC(C)(C)C)C(=O)O. The van der Waals surface area contributed by atoms with Crippen LogP contribution in [-0.4, -0.2) is 46.5 Å². The van der Waals surface area contributed by atoms with Gasteiger partial charge in [-0.2, -0.15) is 0 Å². The molecule has 0 unspecified atom stereocenters. The fourth-order valence-corrected chi connectivity index (χ4v) is 2.67. The number of carbonyl (C=O) groups excluding carboxylic acids is 3. The van der Waals surface area contributed by atoms with Gasteiger partial charge >= 0.3 is 12.1 Å². The Labute approximate surface area is 176 Å². The van der Waals surface area contributed by atoms with Crippen LogP contribution in [0.3, 0.4) is 0 Å². The standard InChI is InChI=1S/C21H31N3O6/c1-12(2)10-16(19(27)28)23-18(26)15(24-20(29)30-21(3,4)5)11-17(25)13-8-6-7-9-14(13)22/h6-9,12,15-16H,10-11,22H2,1-5H3,(H,23,26)(H,24,29)(H,27,28)/t15-,16-/m0/s1. The van der Waals surface area contributed by atoms with Gasteiger partial charge in [-0.1, -0.05) is 26.0 Å². The second kappa shape index (κ2) is 10.6. The van der Waals surface area contributed by atoms with E-state index in [2.05, 4.69) is 10.6 Å². The molecule has 2 atom stereocenters. The molecular formula is C21H31N3O6. The number of Topliss-reactive ketones (excluding diaryl/α,β-unsaturated/α-hetero) is 1. The van der Waals surface area contributed by atoms with Crippen molar-refractivity contribution in [1.82, 2.24) is 10.6 Å². The van der Waals surface area contributed by atoms with Gasteiger partial charge < -0.3 is 26.2 Å². The highest BCUT2D eigenvalue weighted by atomic mass is 16.6. The van der Waals surface area contributed by atoms with Gasteiger partial charge in [0.05, 0.1) is 0 Å². The van der Waals surface area contributed by atoms with Crippen LogP contribution in [0, 0.1) is 5.92 Å². The van der Waals surface area contributed by atoms with Crippen molar-refractivity contribution in [2.24, 2.45) is 5.92 Å². The van der Waals surface area contributed by atoms with Crippen molar-refractivity contribution < 1.29 is 29.0 Å². The lowest BCUT2D eigenvalue weighted by Crippen LogP contribution is -2.53. The molecule has 0 aliphatic carbocycles. The van der Waals surface area contributed by atoms with Crippen molar-refractivity contribution in [3.05, 3.63) is 29.8 Å². The minimum Gasteiger partial charge on any atom is -0.480 e. The number of hydrogen-bond acceptors (Lipinski definition) is 6. The summed E-state index contributed by atoms with van der Waals surface area (Å²) in [7, 11) is 0. The highest BCUT2D eigenvalue weighted by Crippen LogP contribution is 2.15. The van der Waals surface area contributed by atoms with Crippen molar-refractivity contribution >= 4 is 29.4 Å². The van der Waals surface area contributed by atoms with Gasteiger partial charge in [-0.3, -0.25) is 9.59 Å². The zero-order valence-corrected chi connectivity index (χ0v) is 18.0. The summed E-state index contributed by atoms with van der Waals surface area (Å²) >= 11 is 0. The second-order valence-electron chi connectivity index (χ2n) is 8.44. The number of alkyl carbamates (subject to hydrolysis) is 1. The molecule has 166 valence electrons. The van der Waals surface area contributed by atoms with Crippen LogP contribution in [0.15, 0.2) is 24.3 Å². The molecule has 0 saturated heterocycles. The Bertz CT molecular complexity index is 785. The molecule has 9 heteroatoms. The van der Waals surface area contributed by atoms with E-state index in [4.69, 9.17) is 10.5 Å². The summed E-state index contributed by atoms with van der Waals surface area (Å²) in [5.41, 5.74) is 5.45. The molecule has 0 aliphatic rings. The number of carboxylic acid groups (broad SMARTS) is 1. The smallest absolute Gasteiger partial charge is 0.408 e. The lowest BCUT2D eigenvalue weighted by Gasteiger charge is -2.24. The average molecular weight is 421 g/mol. The second-order valence-corrected chi connectivity index (χ2v) is 8.44. The van der Waals surface area contributed by atoms with Crippen molar-refractivity contribution in [1.29, 1.82) is 0 Å². The van der Waals surface area contributed by atoms with E-state index < -0.39 is 47.9 Å². The Balaban J connectivity index is 3.05. The third-order valence-electron chi connectivity index (χ3n) is 3.98. The summed E-state index contributed by atoms with van der Waals surface area (Å²) in [6, 6.07) is 3.87. The lowest BCUT2D eigenvalue weighted by molar-refractivity contribution is -0.142. The molecule has 5 N–H and O–H groups in total. The van der Waals surface area contributed by atoms with E-state index in [1.165, 1.54) is 6.07 Å². The maximum atomic E-state index is 12.8. The third-order valence-corrected chi connectivity index (χ3v) is 3.98. The van der Waals surface area contributed by atoms with Crippen LogP contribution in [0.1, 0.15) is 57.8 Å². The first kappa shape index (κ1) is 24.9. The molecule has 0 heterocycles. The number of aliphatic carboxylic acids is 1. The van der Waals surface area contributed by atoms with E-state index >= 15 is 0 Å². The minimum absolute atomic E-state index is 0.00872. The number of anilines is 1. The molecular weight excluding hydrogens is 390 g/mol. The van der Waals surface area contributed by atoms with Crippen molar-refractivity contribution in [3.63, 3.8) is 0 Å². The third kappa shape index (κ3) is 8.50. The fourth-order valence-electron chi connectivity index (χ4n) is 2.67. The van der Waals surface area contributed by atoms with Crippen molar-refractivity contribution in [2.45, 2.75) is 65.1 Å². The summed E-state index contributed by atoms with van der Waals surface area (Å²) in [6.07, 6.45) is -1.11. The van der Waals surface area contributed by atoms with Gasteiger partial charge in [-0.05, 0) is 45.2 Å². The number of amides is 2. The molecule has 1 aromatic rings. The zero-order chi connectivity index (χ0) is 23.1. The van der Waals surface area contributed by atoms with Crippen LogP contribution < -0.4 is 16.4 Å². The number of para-hydroxylation sites is 1. The van der Waals surface area contributed by atoms with Gasteiger partial charge in [0.2, 0.25) is 5.91 Å². The number of nitrogens with two attached hydrogens (primary N) is 1. The highest BCUT2D eigenvalue weighted by Gasteiger charge is 2.30. The van der Waals surface area contributed by atoms with Crippen LogP contribution in [0.5, 0.6) is 0 Å². The van der Waals surface area contributed by atoms with Crippen LogP contribution >= 0.6 is 0 Å². The Morgan fingerprint density at radius 3 is 2.17 bits per heavy atom. The number of carboxylic acids is 1. The molecule has 0 bridgehead atoms. The number of ketones is 1. The first-order chi connectivity index (χ1) is 13.8. The predicted octanol–water partition coefficient (Wildman–Crippen LogP) is 2.35. The monoisotopic (exact) mass is 421 g/mol. The molecule has 1 rings (SSSR count). The molecule has 0 saturated carbocycles. The molecule has 0 spiro atoms.